The van der Waals surface area contributed by atoms with Crippen molar-refractivity contribution in [3.63, 3.8) is 0 Å². The van der Waals surface area contributed by atoms with E-state index in [4.69, 9.17) is 32.8 Å². The van der Waals surface area contributed by atoms with Gasteiger partial charge in [0, 0.05) is 41.0 Å². The van der Waals surface area contributed by atoms with Crippen molar-refractivity contribution >= 4 is 39.3 Å². The van der Waals surface area contributed by atoms with E-state index in [9.17, 15) is 14.9 Å². The molecule has 0 fully saturated rings. The molecule has 0 aliphatic carbocycles. The van der Waals surface area contributed by atoms with Crippen LogP contribution >= 0.6 is 11.8 Å². The zero-order valence-corrected chi connectivity index (χ0v) is 25.9. The zero-order valence-electron chi connectivity index (χ0n) is 25.1. The van der Waals surface area contributed by atoms with E-state index in [0.717, 1.165) is 0 Å². The van der Waals surface area contributed by atoms with Gasteiger partial charge in [-0.25, -0.2) is 9.97 Å². The third kappa shape index (κ3) is 6.22. The van der Waals surface area contributed by atoms with Crippen molar-refractivity contribution in [3.8, 4) is 45.8 Å². The van der Waals surface area contributed by atoms with E-state index in [-0.39, 0.29) is 40.5 Å². The third-order valence-electron chi connectivity index (χ3n) is 6.84. The smallest absolute Gasteiger partial charge is 0.271 e. The van der Waals surface area contributed by atoms with Crippen LogP contribution in [0.25, 0.3) is 33.2 Å². The molecule has 13 nitrogen and oxygen atoms in total. The van der Waals surface area contributed by atoms with Gasteiger partial charge < -0.3 is 32.8 Å². The van der Waals surface area contributed by atoms with Crippen molar-refractivity contribution in [2.24, 2.45) is 0 Å². The summed E-state index contributed by atoms with van der Waals surface area (Å²) in [7, 11) is 7.43. The van der Waals surface area contributed by atoms with Crippen LogP contribution in [0.5, 0.6) is 34.5 Å². The van der Waals surface area contributed by atoms with E-state index in [1.165, 1.54) is 65.8 Å². The number of nitro groups is 1. The Labute approximate surface area is 261 Å². The average molecular weight is 636 g/mol. The normalized spacial score (nSPS) is 11.0. The maximum atomic E-state index is 14.0. The van der Waals surface area contributed by atoms with E-state index in [2.05, 4.69) is 9.97 Å². The minimum absolute atomic E-state index is 0.0231. The Morgan fingerprint density at radius 2 is 1.60 bits per heavy atom. The summed E-state index contributed by atoms with van der Waals surface area (Å²) in [4.78, 5) is 33.2. The summed E-state index contributed by atoms with van der Waals surface area (Å²) >= 11 is 1.45. The standard InChI is InChI=1S/C31H29N3O10S/c1-38-19-14-22(39-2)26-23(15-19)44-28(17-11-24(40-3)29(42-5)25(12-17)41-4)30(27(26)35)43-9-6-10-45-31-20-8-7-18(34(36)37)13-21(20)32-16-33-31/h7-8,11-16H,6,9-10H2,1-5H3. The number of hydrogen-bond acceptors (Lipinski definition) is 13. The molecule has 0 saturated carbocycles. The minimum atomic E-state index is -0.465. The molecule has 0 aliphatic heterocycles. The maximum Gasteiger partial charge on any atom is 0.271 e. The van der Waals surface area contributed by atoms with Crippen LogP contribution in [0.3, 0.4) is 0 Å². The fraction of sp³-hybridized carbons (Fsp3) is 0.258. The Bertz CT molecular complexity index is 1920. The first-order valence-corrected chi connectivity index (χ1v) is 14.5. The highest BCUT2D eigenvalue weighted by Crippen LogP contribution is 2.44. The first-order valence-electron chi connectivity index (χ1n) is 13.5. The van der Waals surface area contributed by atoms with Crippen molar-refractivity contribution in [2.75, 3.05) is 47.9 Å². The molecule has 0 atom stereocenters. The number of benzene rings is 3. The van der Waals surface area contributed by atoms with Gasteiger partial charge >= 0.3 is 0 Å². The van der Waals surface area contributed by atoms with Gasteiger partial charge in [-0.1, -0.05) is 0 Å². The molecule has 0 radical (unpaired) electrons. The maximum absolute atomic E-state index is 14.0. The molecule has 3 aromatic carbocycles. The Hall–Kier alpha value is -5.24. The molecule has 0 aliphatic rings. The predicted molar refractivity (Wildman–Crippen MR) is 168 cm³/mol. The molecule has 0 unspecified atom stereocenters. The number of thioether (sulfide) groups is 1. The minimum Gasteiger partial charge on any atom is -0.496 e. The van der Waals surface area contributed by atoms with Crippen LogP contribution in [0.4, 0.5) is 5.69 Å². The monoisotopic (exact) mass is 635 g/mol. The van der Waals surface area contributed by atoms with Crippen molar-refractivity contribution in [3.05, 3.63) is 69.1 Å². The van der Waals surface area contributed by atoms with Crippen molar-refractivity contribution in [1.82, 2.24) is 9.97 Å². The number of aromatic nitrogens is 2. The van der Waals surface area contributed by atoms with E-state index >= 15 is 0 Å². The second kappa shape index (κ2) is 13.6. The van der Waals surface area contributed by atoms with Gasteiger partial charge in [-0.2, -0.15) is 0 Å². The number of methoxy groups -OCH3 is 5. The van der Waals surface area contributed by atoms with Crippen LogP contribution in [0.2, 0.25) is 0 Å². The highest BCUT2D eigenvalue weighted by Gasteiger charge is 2.24. The molecule has 2 aromatic heterocycles. The first-order chi connectivity index (χ1) is 21.8. The molecule has 0 saturated heterocycles. The van der Waals surface area contributed by atoms with E-state index in [1.54, 1.807) is 30.3 Å². The van der Waals surface area contributed by atoms with Crippen LogP contribution in [-0.2, 0) is 0 Å². The van der Waals surface area contributed by atoms with Crippen LogP contribution in [0, 0.1) is 10.1 Å². The lowest BCUT2D eigenvalue weighted by Gasteiger charge is -2.17. The summed E-state index contributed by atoms with van der Waals surface area (Å²) in [5, 5.41) is 12.7. The average Bonchev–Trinajstić information content (AvgIpc) is 3.07. The number of rotatable bonds is 13. The highest BCUT2D eigenvalue weighted by atomic mass is 32.2. The predicted octanol–water partition coefficient (Wildman–Crippen LogP) is 5.92. The van der Waals surface area contributed by atoms with Crippen LogP contribution in [-0.4, -0.2) is 62.8 Å². The summed E-state index contributed by atoms with van der Waals surface area (Å²) in [6.45, 7) is 0.160. The van der Waals surface area contributed by atoms with Gasteiger partial charge in [0.05, 0.1) is 52.6 Å². The summed E-state index contributed by atoms with van der Waals surface area (Å²) in [5.41, 5.74) is 0.690. The molecule has 14 heteroatoms. The zero-order chi connectivity index (χ0) is 32.1. The molecular weight excluding hydrogens is 606 g/mol. The lowest BCUT2D eigenvalue weighted by atomic mass is 10.1. The Balaban J connectivity index is 1.48. The topological polar surface area (TPSA) is 155 Å². The van der Waals surface area contributed by atoms with E-state index in [1.807, 2.05) is 0 Å². The van der Waals surface area contributed by atoms with E-state index < -0.39 is 10.4 Å². The third-order valence-corrected chi connectivity index (χ3v) is 7.93. The van der Waals surface area contributed by atoms with Gasteiger partial charge in [-0.05, 0) is 24.6 Å². The molecule has 0 N–H and O–H groups in total. The fourth-order valence-corrected chi connectivity index (χ4v) is 5.61. The van der Waals surface area contributed by atoms with Crippen LogP contribution in [0.15, 0.2) is 63.0 Å². The first kappa shape index (κ1) is 31.2. The second-order valence-electron chi connectivity index (χ2n) is 9.39. The Kier molecular flexibility index (Phi) is 9.42. The lowest BCUT2D eigenvalue weighted by Crippen LogP contribution is -2.12. The van der Waals surface area contributed by atoms with Crippen molar-refractivity contribution in [2.45, 2.75) is 11.4 Å². The molecule has 2 heterocycles. The van der Waals surface area contributed by atoms with Gasteiger partial charge in [-0.3, -0.25) is 14.9 Å². The van der Waals surface area contributed by atoms with Crippen LogP contribution in [0.1, 0.15) is 6.42 Å². The molecule has 0 amide bonds. The SMILES string of the molecule is COc1cc(OC)c2c(=O)c(OCCCSc3ncnc4cc([N+](=O)[O-])ccc34)c(-c3cc(OC)c(OC)c(OC)c3)oc2c1. The summed E-state index contributed by atoms with van der Waals surface area (Å²) in [5.74, 6) is 2.51. The molecule has 234 valence electrons. The Morgan fingerprint density at radius 3 is 2.24 bits per heavy atom. The molecule has 45 heavy (non-hydrogen) atoms. The van der Waals surface area contributed by atoms with Gasteiger partial charge in [0.15, 0.2) is 17.3 Å². The number of ether oxygens (including phenoxy) is 6. The summed E-state index contributed by atoms with van der Waals surface area (Å²) < 4.78 is 39.8. The summed E-state index contributed by atoms with van der Waals surface area (Å²) in [6, 6.07) is 11.0. The molecule has 0 bridgehead atoms. The highest BCUT2D eigenvalue weighted by molar-refractivity contribution is 7.99. The fourth-order valence-electron chi connectivity index (χ4n) is 4.71. The van der Waals surface area contributed by atoms with Gasteiger partial charge in [-0.15, -0.1) is 11.8 Å². The van der Waals surface area contributed by atoms with Gasteiger partial charge in [0.2, 0.25) is 16.9 Å². The van der Waals surface area contributed by atoms with Gasteiger partial charge in [0.25, 0.3) is 5.69 Å². The van der Waals surface area contributed by atoms with E-state index in [0.29, 0.717) is 56.7 Å². The Morgan fingerprint density at radius 1 is 0.867 bits per heavy atom. The molecule has 5 aromatic rings. The molecule has 5 rings (SSSR count). The van der Waals surface area contributed by atoms with Gasteiger partial charge in [0.1, 0.15) is 33.8 Å². The molecular formula is C31H29N3O10S. The second-order valence-corrected chi connectivity index (χ2v) is 10.5. The lowest BCUT2D eigenvalue weighted by molar-refractivity contribution is -0.384. The number of non-ortho nitro benzene ring substituents is 1. The van der Waals surface area contributed by atoms with Crippen molar-refractivity contribution in [1.29, 1.82) is 0 Å². The number of hydrogen-bond donors (Lipinski definition) is 0. The summed E-state index contributed by atoms with van der Waals surface area (Å²) in [6.07, 6.45) is 1.90. The number of fused-ring (bicyclic) bond motifs is 2. The largest absolute Gasteiger partial charge is 0.496 e. The van der Waals surface area contributed by atoms with Crippen molar-refractivity contribution < 1.29 is 37.8 Å². The number of nitro benzene ring substituents is 1. The number of nitrogens with zero attached hydrogens (tertiary/aromatic N) is 3. The van der Waals surface area contributed by atoms with Crippen LogP contribution < -0.4 is 33.8 Å². The quantitative estimate of drug-likeness (QED) is 0.0495. The molecule has 0 spiro atoms.